The average molecular weight is 159 g/mol. The van der Waals surface area contributed by atoms with Gasteiger partial charge in [-0.05, 0) is 5.41 Å². The van der Waals surface area contributed by atoms with Gasteiger partial charge in [-0.3, -0.25) is 0 Å². The quantitative estimate of drug-likeness (QED) is 0.494. The van der Waals surface area contributed by atoms with Crippen LogP contribution in [0.3, 0.4) is 0 Å². The highest BCUT2D eigenvalue weighted by Gasteiger charge is 2.11. The highest BCUT2D eigenvalue weighted by Crippen LogP contribution is 2.12. The molecule has 0 heterocycles. The summed E-state index contributed by atoms with van der Waals surface area (Å²) in [5.74, 6) is -0.352. The Morgan fingerprint density at radius 1 is 1.55 bits per heavy atom. The Hall–Kier alpha value is -0.830. The van der Waals surface area contributed by atoms with Crippen molar-refractivity contribution in [2.24, 2.45) is 5.41 Å². The smallest absolute Gasteiger partial charge is 0.330 e. The van der Waals surface area contributed by atoms with Crippen LogP contribution in [0.1, 0.15) is 20.8 Å². The minimum Gasteiger partial charge on any atom is -0.462 e. The lowest BCUT2D eigenvalue weighted by Crippen LogP contribution is -2.16. The molecule has 0 saturated heterocycles. The van der Waals surface area contributed by atoms with Crippen molar-refractivity contribution in [1.82, 2.24) is 6.15 Å². The Balaban J connectivity index is 0. The van der Waals surface area contributed by atoms with E-state index in [1.807, 2.05) is 20.8 Å². The van der Waals surface area contributed by atoms with Crippen molar-refractivity contribution in [1.29, 1.82) is 0 Å². The molecule has 0 fully saturated rings. The molecule has 3 nitrogen and oxygen atoms in total. The van der Waals surface area contributed by atoms with E-state index in [9.17, 15) is 4.79 Å². The molecule has 0 aromatic carbocycles. The molecule has 0 bridgehead atoms. The van der Waals surface area contributed by atoms with Crippen LogP contribution in [0.2, 0.25) is 0 Å². The summed E-state index contributed by atoms with van der Waals surface area (Å²) in [4.78, 5) is 10.5. The number of carbonyl (C=O) groups excluding carboxylic acids is 1. The molecule has 0 aliphatic heterocycles. The van der Waals surface area contributed by atoms with Crippen molar-refractivity contribution in [2.75, 3.05) is 6.61 Å². The molecule has 0 aliphatic rings. The third kappa shape index (κ3) is 9.17. The molecule has 0 aliphatic carbocycles. The van der Waals surface area contributed by atoms with Crippen LogP contribution in [0.4, 0.5) is 0 Å². The van der Waals surface area contributed by atoms with Gasteiger partial charge in [-0.1, -0.05) is 27.4 Å². The van der Waals surface area contributed by atoms with E-state index in [-0.39, 0.29) is 17.5 Å². The van der Waals surface area contributed by atoms with E-state index >= 15 is 0 Å². The largest absolute Gasteiger partial charge is 0.462 e. The van der Waals surface area contributed by atoms with Crippen LogP contribution >= 0.6 is 0 Å². The van der Waals surface area contributed by atoms with Gasteiger partial charge in [0.15, 0.2) is 0 Å². The highest BCUT2D eigenvalue weighted by atomic mass is 16.5. The first kappa shape index (κ1) is 12.8. The molecule has 0 unspecified atom stereocenters. The summed E-state index contributed by atoms with van der Waals surface area (Å²) in [7, 11) is 0. The summed E-state index contributed by atoms with van der Waals surface area (Å²) in [6, 6.07) is 0. The van der Waals surface area contributed by atoms with Crippen LogP contribution in [0.25, 0.3) is 0 Å². The lowest BCUT2D eigenvalue weighted by Gasteiger charge is -2.16. The standard InChI is InChI=1S/C8H14O2.H3N/c1-5-7(9)10-6-8(2,3)4;/h5H,1,6H2,2-4H3;1H3. The lowest BCUT2D eigenvalue weighted by atomic mass is 9.99. The zero-order chi connectivity index (χ0) is 8.20. The second kappa shape index (κ2) is 4.91. The summed E-state index contributed by atoms with van der Waals surface area (Å²) >= 11 is 0. The van der Waals surface area contributed by atoms with Crippen molar-refractivity contribution >= 4 is 5.97 Å². The minimum absolute atomic E-state index is 0. The predicted octanol–water partition coefficient (Wildman–Crippen LogP) is 1.92. The zero-order valence-corrected chi connectivity index (χ0v) is 7.52. The number of esters is 1. The van der Waals surface area contributed by atoms with Gasteiger partial charge < -0.3 is 10.9 Å². The molecular weight excluding hydrogens is 142 g/mol. The fourth-order valence-electron chi connectivity index (χ4n) is 0.347. The maximum absolute atomic E-state index is 10.5. The predicted molar refractivity (Wildman–Crippen MR) is 45.6 cm³/mol. The molecular formula is C8H17NO2. The number of hydrogen-bond acceptors (Lipinski definition) is 3. The van der Waals surface area contributed by atoms with Gasteiger partial charge in [-0.2, -0.15) is 0 Å². The van der Waals surface area contributed by atoms with Crippen molar-refractivity contribution in [2.45, 2.75) is 20.8 Å². The summed E-state index contributed by atoms with van der Waals surface area (Å²) in [6.45, 7) is 9.74. The van der Waals surface area contributed by atoms with Gasteiger partial charge in [0.2, 0.25) is 0 Å². The molecule has 0 aromatic heterocycles. The van der Waals surface area contributed by atoms with E-state index in [0.29, 0.717) is 6.61 Å². The lowest BCUT2D eigenvalue weighted by molar-refractivity contribution is -0.140. The van der Waals surface area contributed by atoms with Crippen LogP contribution in [-0.4, -0.2) is 12.6 Å². The van der Waals surface area contributed by atoms with Gasteiger partial charge in [0.05, 0.1) is 6.61 Å². The zero-order valence-electron chi connectivity index (χ0n) is 7.52. The van der Waals surface area contributed by atoms with E-state index in [0.717, 1.165) is 0 Å². The minimum atomic E-state index is -0.352. The van der Waals surface area contributed by atoms with E-state index in [1.54, 1.807) is 0 Å². The van der Waals surface area contributed by atoms with Crippen LogP contribution < -0.4 is 6.15 Å². The molecule has 0 spiro atoms. The third-order valence-electron chi connectivity index (χ3n) is 0.814. The van der Waals surface area contributed by atoms with Crippen molar-refractivity contribution in [3.05, 3.63) is 12.7 Å². The number of rotatable bonds is 2. The Bertz CT molecular complexity index is 136. The third-order valence-corrected chi connectivity index (χ3v) is 0.814. The SMILES string of the molecule is C=CC(=O)OCC(C)(C)C.N. The fourth-order valence-corrected chi connectivity index (χ4v) is 0.347. The van der Waals surface area contributed by atoms with Crippen LogP contribution in [0.15, 0.2) is 12.7 Å². The molecule has 3 N–H and O–H groups in total. The van der Waals surface area contributed by atoms with Crippen LogP contribution in [0.5, 0.6) is 0 Å². The maximum atomic E-state index is 10.5. The highest BCUT2D eigenvalue weighted by molar-refractivity contribution is 5.81. The molecule has 66 valence electrons. The number of hydrogen-bond donors (Lipinski definition) is 1. The fraction of sp³-hybridized carbons (Fsp3) is 0.625. The Morgan fingerprint density at radius 3 is 2.27 bits per heavy atom. The molecule has 0 saturated carbocycles. The Morgan fingerprint density at radius 2 is 2.00 bits per heavy atom. The van der Waals surface area contributed by atoms with Crippen molar-refractivity contribution in [3.63, 3.8) is 0 Å². The topological polar surface area (TPSA) is 61.3 Å². The van der Waals surface area contributed by atoms with Gasteiger partial charge in [0.1, 0.15) is 0 Å². The van der Waals surface area contributed by atoms with E-state index in [4.69, 9.17) is 4.74 Å². The normalized spacial score (nSPS) is 9.73. The van der Waals surface area contributed by atoms with E-state index in [1.165, 1.54) is 6.08 Å². The first-order valence-electron chi connectivity index (χ1n) is 3.25. The summed E-state index contributed by atoms with van der Waals surface area (Å²) < 4.78 is 4.80. The second-order valence-corrected chi connectivity index (χ2v) is 3.37. The van der Waals surface area contributed by atoms with E-state index in [2.05, 4.69) is 6.58 Å². The summed E-state index contributed by atoms with van der Waals surface area (Å²) in [6.07, 6.45) is 1.17. The monoisotopic (exact) mass is 159 g/mol. The van der Waals surface area contributed by atoms with Crippen LogP contribution in [-0.2, 0) is 9.53 Å². The molecule has 3 heteroatoms. The van der Waals surface area contributed by atoms with Crippen molar-refractivity contribution in [3.8, 4) is 0 Å². The van der Waals surface area contributed by atoms with Gasteiger partial charge in [-0.15, -0.1) is 0 Å². The van der Waals surface area contributed by atoms with Crippen LogP contribution in [0, 0.1) is 5.41 Å². The summed E-state index contributed by atoms with van der Waals surface area (Å²) in [5.41, 5.74) is 0.0403. The van der Waals surface area contributed by atoms with Gasteiger partial charge in [0.25, 0.3) is 0 Å². The first-order chi connectivity index (χ1) is 4.45. The molecule has 0 amide bonds. The van der Waals surface area contributed by atoms with E-state index < -0.39 is 0 Å². The number of carbonyl (C=O) groups is 1. The average Bonchev–Trinajstić information content (AvgIpc) is 1.81. The molecule has 0 radical (unpaired) electrons. The first-order valence-corrected chi connectivity index (χ1v) is 3.25. The second-order valence-electron chi connectivity index (χ2n) is 3.37. The number of ether oxygens (including phenoxy) is 1. The maximum Gasteiger partial charge on any atom is 0.330 e. The van der Waals surface area contributed by atoms with Crippen molar-refractivity contribution < 1.29 is 9.53 Å². The van der Waals surface area contributed by atoms with Gasteiger partial charge in [-0.25, -0.2) is 4.79 Å². The summed E-state index contributed by atoms with van der Waals surface area (Å²) in [5, 5.41) is 0. The molecule has 0 aromatic rings. The van der Waals surface area contributed by atoms with Gasteiger partial charge in [0, 0.05) is 6.08 Å². The Kier molecular flexibility index (Phi) is 5.71. The Labute approximate surface area is 68.0 Å². The molecule has 11 heavy (non-hydrogen) atoms. The molecule has 0 rings (SSSR count). The van der Waals surface area contributed by atoms with Gasteiger partial charge >= 0.3 is 5.97 Å². The molecule has 0 atom stereocenters.